The molecular formula is C18H22ClN3O2. The number of hydrogen-bond donors (Lipinski definition) is 1. The molecule has 2 bridgehead atoms. The van der Waals surface area contributed by atoms with E-state index < -0.39 is 0 Å². The number of carbonyl (C=O) groups excluding carboxylic acids is 1. The second-order valence-corrected chi connectivity index (χ2v) is 7.41. The molecule has 0 aliphatic carbocycles. The number of amides is 1. The molecule has 0 radical (unpaired) electrons. The van der Waals surface area contributed by atoms with Gasteiger partial charge in [-0.2, -0.15) is 0 Å². The van der Waals surface area contributed by atoms with Crippen LogP contribution >= 0.6 is 11.6 Å². The van der Waals surface area contributed by atoms with E-state index in [9.17, 15) is 4.79 Å². The van der Waals surface area contributed by atoms with Gasteiger partial charge in [-0.1, -0.05) is 11.6 Å². The first-order chi connectivity index (χ1) is 11.5. The fourth-order valence-corrected chi connectivity index (χ4v) is 4.23. The average Bonchev–Trinajstić information content (AvgIpc) is 2.56. The average molecular weight is 348 g/mol. The quantitative estimate of drug-likeness (QED) is 0.893. The van der Waals surface area contributed by atoms with E-state index in [0.29, 0.717) is 22.3 Å². The Morgan fingerprint density at radius 1 is 1.33 bits per heavy atom. The molecule has 1 N–H and O–H groups in total. The van der Waals surface area contributed by atoms with Gasteiger partial charge in [-0.3, -0.25) is 4.79 Å². The number of hydrogen-bond acceptors (Lipinski definition) is 4. The van der Waals surface area contributed by atoms with Crippen LogP contribution in [-0.4, -0.2) is 43.5 Å². The summed E-state index contributed by atoms with van der Waals surface area (Å²) >= 11 is 6.24. The largest absolute Gasteiger partial charge is 0.457 e. The monoisotopic (exact) mass is 347 g/mol. The number of benzene rings is 1. The Balaban J connectivity index is 1.61. The molecule has 5 nitrogen and oxygen atoms in total. The number of piperidine rings is 3. The predicted octanol–water partition coefficient (Wildman–Crippen LogP) is 2.85. The van der Waals surface area contributed by atoms with Gasteiger partial charge in [0.25, 0.3) is 5.91 Å². The van der Waals surface area contributed by atoms with E-state index >= 15 is 0 Å². The second kappa shape index (κ2) is 5.97. The van der Waals surface area contributed by atoms with Crippen molar-refractivity contribution >= 4 is 23.2 Å². The number of allylic oxidation sites excluding steroid dienone is 1. The van der Waals surface area contributed by atoms with Gasteiger partial charge in [-0.25, -0.2) is 0 Å². The van der Waals surface area contributed by atoms with Gasteiger partial charge in [0, 0.05) is 30.9 Å². The van der Waals surface area contributed by atoms with E-state index in [-0.39, 0.29) is 11.9 Å². The first-order valence-corrected chi connectivity index (χ1v) is 8.85. The summed E-state index contributed by atoms with van der Waals surface area (Å²) in [5, 5.41) is 3.75. The molecule has 1 aromatic carbocycles. The van der Waals surface area contributed by atoms with Gasteiger partial charge in [0.15, 0.2) is 5.75 Å². The van der Waals surface area contributed by atoms with Crippen molar-refractivity contribution in [2.45, 2.75) is 25.8 Å². The molecule has 3 fully saturated rings. The maximum atomic E-state index is 12.9. The van der Waals surface area contributed by atoms with Crippen molar-refractivity contribution in [3.8, 4) is 5.75 Å². The number of nitrogens with zero attached hydrogens (tertiary/aromatic N) is 2. The summed E-state index contributed by atoms with van der Waals surface area (Å²) in [6, 6.07) is 3.74. The Morgan fingerprint density at radius 2 is 2.08 bits per heavy atom. The summed E-state index contributed by atoms with van der Waals surface area (Å²) in [5.41, 5.74) is 1.32. The highest BCUT2D eigenvalue weighted by atomic mass is 35.5. The minimum Gasteiger partial charge on any atom is -0.457 e. The van der Waals surface area contributed by atoms with Crippen LogP contribution in [0.3, 0.4) is 0 Å². The molecule has 5 rings (SSSR count). The van der Waals surface area contributed by atoms with Crippen molar-refractivity contribution < 1.29 is 9.53 Å². The zero-order valence-electron chi connectivity index (χ0n) is 14.0. The van der Waals surface area contributed by atoms with Crippen LogP contribution in [0.15, 0.2) is 24.1 Å². The molecule has 1 unspecified atom stereocenters. The number of rotatable bonds is 2. The van der Waals surface area contributed by atoms with Crippen molar-refractivity contribution in [1.82, 2.24) is 10.2 Å². The zero-order chi connectivity index (χ0) is 16.8. The molecule has 1 aromatic rings. The van der Waals surface area contributed by atoms with E-state index in [1.54, 1.807) is 6.07 Å². The number of fused-ring (bicyclic) bond motifs is 4. The third-order valence-corrected chi connectivity index (χ3v) is 5.49. The van der Waals surface area contributed by atoms with Crippen LogP contribution in [-0.2, 0) is 0 Å². The summed E-state index contributed by atoms with van der Waals surface area (Å²) in [4.78, 5) is 17.3. The molecule has 128 valence electrons. The molecule has 4 aliphatic rings. The van der Waals surface area contributed by atoms with Gasteiger partial charge in [-0.15, -0.1) is 0 Å². The topological polar surface area (TPSA) is 44.8 Å². The Hall–Kier alpha value is -1.72. The lowest BCUT2D eigenvalue weighted by atomic mass is 9.84. The predicted molar refractivity (Wildman–Crippen MR) is 94.7 cm³/mol. The summed E-state index contributed by atoms with van der Waals surface area (Å²) in [6.07, 6.45) is 4.22. The summed E-state index contributed by atoms with van der Waals surface area (Å²) in [7, 11) is 1.93. The normalized spacial score (nSPS) is 28.0. The van der Waals surface area contributed by atoms with Gasteiger partial charge >= 0.3 is 0 Å². The standard InChI is InChI=1S/C18H22ClN3O2/c1-11-9-21(2)16-8-13(19)7-14(17(16)24-11)18(23)20-15-10-22-5-3-12(15)4-6-22/h7-9,12,15H,3-6,10H2,1-2H3,(H,20,23). The third kappa shape index (κ3) is 2.76. The molecule has 0 saturated carbocycles. The summed E-state index contributed by atoms with van der Waals surface area (Å²) in [5.74, 6) is 1.82. The molecule has 3 saturated heterocycles. The second-order valence-electron chi connectivity index (χ2n) is 6.97. The van der Waals surface area contributed by atoms with Gasteiger partial charge in [0.05, 0.1) is 11.3 Å². The number of anilines is 1. The summed E-state index contributed by atoms with van der Waals surface area (Å²) < 4.78 is 5.85. The Bertz CT molecular complexity index is 710. The highest BCUT2D eigenvalue weighted by Gasteiger charge is 2.35. The van der Waals surface area contributed by atoms with Gasteiger partial charge in [0.1, 0.15) is 5.76 Å². The first kappa shape index (κ1) is 15.8. The van der Waals surface area contributed by atoms with Crippen LogP contribution in [0.2, 0.25) is 5.02 Å². The van der Waals surface area contributed by atoms with Crippen molar-refractivity contribution in [2.75, 3.05) is 31.6 Å². The van der Waals surface area contributed by atoms with Gasteiger partial charge < -0.3 is 19.9 Å². The van der Waals surface area contributed by atoms with E-state index in [2.05, 4.69) is 10.2 Å². The van der Waals surface area contributed by atoms with Crippen molar-refractivity contribution in [1.29, 1.82) is 0 Å². The van der Waals surface area contributed by atoms with Crippen LogP contribution in [0.5, 0.6) is 5.75 Å². The minimum absolute atomic E-state index is 0.101. The molecule has 6 heteroatoms. The lowest BCUT2D eigenvalue weighted by Gasteiger charge is -2.45. The molecule has 4 heterocycles. The van der Waals surface area contributed by atoms with E-state index in [1.807, 2.05) is 31.1 Å². The lowest BCUT2D eigenvalue weighted by molar-refractivity contribution is 0.0619. The zero-order valence-corrected chi connectivity index (χ0v) is 14.8. The van der Waals surface area contributed by atoms with Crippen molar-refractivity contribution in [3.63, 3.8) is 0 Å². The molecule has 1 atom stereocenters. The maximum absolute atomic E-state index is 12.9. The Labute approximate surface area is 147 Å². The van der Waals surface area contributed by atoms with Crippen LogP contribution in [0.1, 0.15) is 30.1 Å². The smallest absolute Gasteiger partial charge is 0.255 e. The molecule has 4 aliphatic heterocycles. The minimum atomic E-state index is -0.101. The molecule has 0 spiro atoms. The SMILES string of the molecule is CC1=CN(C)c2cc(Cl)cc(C(=O)NC3CN4CCC3CC4)c2O1. The highest BCUT2D eigenvalue weighted by Crippen LogP contribution is 2.39. The number of carbonyl (C=O) groups is 1. The first-order valence-electron chi connectivity index (χ1n) is 8.47. The Morgan fingerprint density at radius 3 is 2.75 bits per heavy atom. The highest BCUT2D eigenvalue weighted by molar-refractivity contribution is 6.31. The molecule has 1 amide bonds. The fraction of sp³-hybridized carbons (Fsp3) is 0.500. The van der Waals surface area contributed by atoms with E-state index in [1.165, 1.54) is 12.8 Å². The lowest BCUT2D eigenvalue weighted by Crippen LogP contribution is -2.57. The van der Waals surface area contributed by atoms with E-state index in [4.69, 9.17) is 16.3 Å². The maximum Gasteiger partial charge on any atom is 0.255 e. The van der Waals surface area contributed by atoms with Crippen molar-refractivity contribution in [2.24, 2.45) is 5.92 Å². The van der Waals surface area contributed by atoms with Crippen molar-refractivity contribution in [3.05, 3.63) is 34.7 Å². The van der Waals surface area contributed by atoms with Crippen LogP contribution in [0.25, 0.3) is 0 Å². The van der Waals surface area contributed by atoms with Crippen LogP contribution in [0, 0.1) is 5.92 Å². The molecular weight excluding hydrogens is 326 g/mol. The molecule has 0 aromatic heterocycles. The number of nitrogens with one attached hydrogen (secondary N) is 1. The van der Waals surface area contributed by atoms with E-state index in [0.717, 1.165) is 31.1 Å². The fourth-order valence-electron chi connectivity index (χ4n) is 4.02. The van der Waals surface area contributed by atoms with Gasteiger partial charge in [0.2, 0.25) is 0 Å². The third-order valence-electron chi connectivity index (χ3n) is 5.27. The Kier molecular flexibility index (Phi) is 3.93. The van der Waals surface area contributed by atoms with Crippen LogP contribution < -0.4 is 15.0 Å². The van der Waals surface area contributed by atoms with Crippen LogP contribution in [0.4, 0.5) is 5.69 Å². The number of ether oxygens (including phenoxy) is 1. The van der Waals surface area contributed by atoms with Gasteiger partial charge in [-0.05, 0) is 50.9 Å². The molecule has 24 heavy (non-hydrogen) atoms. The summed E-state index contributed by atoms with van der Waals surface area (Å²) in [6.45, 7) is 5.13. The number of halogens is 1.